The van der Waals surface area contributed by atoms with E-state index in [4.69, 9.17) is 9.68 Å². The first kappa shape index (κ1) is 15.8. The molecule has 3 rings (SSSR count). The first-order chi connectivity index (χ1) is 11.7. The van der Waals surface area contributed by atoms with Crippen LogP contribution in [-0.2, 0) is 0 Å². The third-order valence-corrected chi connectivity index (χ3v) is 4.00. The van der Waals surface area contributed by atoms with E-state index in [2.05, 4.69) is 15.5 Å². The van der Waals surface area contributed by atoms with Gasteiger partial charge in [-0.15, -0.1) is 16.9 Å². The number of nitrogens with one attached hydrogen (secondary N) is 1. The van der Waals surface area contributed by atoms with Gasteiger partial charge in [-0.3, -0.25) is 10.1 Å². The highest BCUT2D eigenvalue weighted by molar-refractivity contribution is 7.98. The Labute approximate surface area is 142 Å². The minimum absolute atomic E-state index is 0.0216. The number of benzene rings is 2. The van der Waals surface area contributed by atoms with Crippen molar-refractivity contribution in [1.29, 1.82) is 5.26 Å². The minimum Gasteiger partial charge on any atom is -0.403 e. The molecule has 6 nitrogen and oxygen atoms in total. The normalized spacial score (nSPS) is 10.2. The maximum atomic E-state index is 12.1. The fourth-order valence-corrected chi connectivity index (χ4v) is 2.40. The van der Waals surface area contributed by atoms with Crippen LogP contribution in [0.25, 0.3) is 11.5 Å². The van der Waals surface area contributed by atoms with E-state index in [1.54, 1.807) is 36.0 Å². The Morgan fingerprint density at radius 1 is 1.12 bits per heavy atom. The van der Waals surface area contributed by atoms with Gasteiger partial charge in [0.15, 0.2) is 0 Å². The summed E-state index contributed by atoms with van der Waals surface area (Å²) >= 11 is 1.64. The number of carbonyl (C=O) groups is 1. The summed E-state index contributed by atoms with van der Waals surface area (Å²) in [5.41, 5.74) is 1.66. The Bertz CT molecular complexity index is 896. The Hall–Kier alpha value is -3.11. The molecular weight excluding hydrogens is 324 g/mol. The van der Waals surface area contributed by atoms with Gasteiger partial charge in [-0.05, 0) is 54.8 Å². The Kier molecular flexibility index (Phi) is 4.59. The number of nitrogens with zero attached hydrogens (tertiary/aromatic N) is 3. The summed E-state index contributed by atoms with van der Waals surface area (Å²) in [4.78, 5) is 13.3. The smallest absolute Gasteiger partial charge is 0.322 e. The van der Waals surface area contributed by atoms with Crippen molar-refractivity contribution < 1.29 is 9.21 Å². The van der Waals surface area contributed by atoms with Crippen molar-refractivity contribution in [1.82, 2.24) is 10.2 Å². The van der Waals surface area contributed by atoms with E-state index < -0.39 is 0 Å². The second-order valence-electron chi connectivity index (χ2n) is 4.78. The average Bonchev–Trinajstić information content (AvgIpc) is 3.10. The van der Waals surface area contributed by atoms with E-state index in [1.807, 2.05) is 36.6 Å². The van der Waals surface area contributed by atoms with Crippen LogP contribution in [0.1, 0.15) is 15.9 Å². The average molecular weight is 336 g/mol. The molecule has 2 aromatic carbocycles. The van der Waals surface area contributed by atoms with Crippen LogP contribution in [0.3, 0.4) is 0 Å². The first-order valence-corrected chi connectivity index (χ1v) is 8.21. The molecule has 0 aliphatic heterocycles. The summed E-state index contributed by atoms with van der Waals surface area (Å²) in [6, 6.07) is 16.0. The Morgan fingerprint density at radius 2 is 1.83 bits per heavy atom. The van der Waals surface area contributed by atoms with Gasteiger partial charge in [0.25, 0.3) is 5.91 Å². The fraction of sp³-hybridized carbons (Fsp3) is 0.0588. The van der Waals surface area contributed by atoms with Crippen molar-refractivity contribution in [3.8, 4) is 17.5 Å². The van der Waals surface area contributed by atoms with Gasteiger partial charge in [0.05, 0.1) is 11.6 Å². The van der Waals surface area contributed by atoms with Gasteiger partial charge >= 0.3 is 6.01 Å². The second-order valence-corrected chi connectivity index (χ2v) is 5.66. The molecule has 0 fully saturated rings. The Morgan fingerprint density at radius 3 is 2.46 bits per heavy atom. The van der Waals surface area contributed by atoms with Crippen molar-refractivity contribution in [3.63, 3.8) is 0 Å². The van der Waals surface area contributed by atoms with Crippen molar-refractivity contribution >= 4 is 23.7 Å². The molecule has 3 aromatic rings. The molecule has 7 heteroatoms. The van der Waals surface area contributed by atoms with Gasteiger partial charge in [0, 0.05) is 16.0 Å². The van der Waals surface area contributed by atoms with Crippen LogP contribution in [-0.4, -0.2) is 22.4 Å². The monoisotopic (exact) mass is 336 g/mol. The third kappa shape index (κ3) is 3.45. The second kappa shape index (κ2) is 6.98. The maximum absolute atomic E-state index is 12.1. The number of nitriles is 1. The lowest BCUT2D eigenvalue weighted by Gasteiger charge is -2.00. The lowest BCUT2D eigenvalue weighted by atomic mass is 10.1. The van der Waals surface area contributed by atoms with Gasteiger partial charge in [0.2, 0.25) is 5.89 Å². The van der Waals surface area contributed by atoms with Crippen LogP contribution < -0.4 is 5.32 Å². The molecule has 1 amide bonds. The topological polar surface area (TPSA) is 91.8 Å². The Balaban J connectivity index is 1.72. The number of amides is 1. The van der Waals surface area contributed by atoms with Crippen molar-refractivity contribution in [2.45, 2.75) is 4.90 Å². The SMILES string of the molecule is CSc1ccc(-c2nnc(NC(=O)c3ccc(C#N)cc3)o2)cc1. The number of thioether (sulfide) groups is 1. The lowest BCUT2D eigenvalue weighted by Crippen LogP contribution is -2.11. The number of carbonyl (C=O) groups excluding carboxylic acids is 1. The summed E-state index contributed by atoms with van der Waals surface area (Å²) in [7, 11) is 0. The van der Waals surface area contributed by atoms with Crippen LogP contribution in [0.15, 0.2) is 57.8 Å². The molecule has 1 N–H and O–H groups in total. The summed E-state index contributed by atoms with van der Waals surface area (Å²) in [5, 5.41) is 19.1. The summed E-state index contributed by atoms with van der Waals surface area (Å²) < 4.78 is 5.47. The van der Waals surface area contributed by atoms with E-state index >= 15 is 0 Å². The molecule has 0 aliphatic carbocycles. The minimum atomic E-state index is -0.382. The van der Waals surface area contributed by atoms with E-state index in [1.165, 1.54) is 0 Å². The third-order valence-electron chi connectivity index (χ3n) is 3.26. The van der Waals surface area contributed by atoms with E-state index in [0.29, 0.717) is 17.0 Å². The molecule has 118 valence electrons. The molecule has 24 heavy (non-hydrogen) atoms. The quantitative estimate of drug-likeness (QED) is 0.732. The largest absolute Gasteiger partial charge is 0.403 e. The standard InChI is InChI=1S/C17H12N4O2S/c1-24-14-8-6-13(7-9-14)16-20-21-17(23-16)19-15(22)12-4-2-11(10-18)3-5-12/h2-9H,1H3,(H,19,21,22). The maximum Gasteiger partial charge on any atom is 0.322 e. The summed E-state index contributed by atoms with van der Waals surface area (Å²) in [6.45, 7) is 0. The lowest BCUT2D eigenvalue weighted by molar-refractivity contribution is 0.102. The summed E-state index contributed by atoms with van der Waals surface area (Å²) in [6.07, 6.45) is 2.00. The molecule has 0 saturated heterocycles. The van der Waals surface area contributed by atoms with Gasteiger partial charge in [-0.25, -0.2) is 0 Å². The highest BCUT2D eigenvalue weighted by Crippen LogP contribution is 2.23. The van der Waals surface area contributed by atoms with Crippen LogP contribution in [0, 0.1) is 11.3 Å². The molecule has 0 bridgehead atoms. The molecule has 1 aromatic heterocycles. The van der Waals surface area contributed by atoms with Crippen molar-refractivity contribution in [2.75, 3.05) is 11.6 Å². The molecule has 0 radical (unpaired) electrons. The predicted octanol–water partition coefficient (Wildman–Crippen LogP) is 3.58. The number of rotatable bonds is 4. The first-order valence-electron chi connectivity index (χ1n) is 6.99. The van der Waals surface area contributed by atoms with Crippen LogP contribution in [0.4, 0.5) is 6.01 Å². The molecule has 0 atom stereocenters. The van der Waals surface area contributed by atoms with E-state index in [-0.39, 0.29) is 11.9 Å². The van der Waals surface area contributed by atoms with Crippen molar-refractivity contribution in [2.24, 2.45) is 0 Å². The van der Waals surface area contributed by atoms with Gasteiger partial charge in [0.1, 0.15) is 0 Å². The highest BCUT2D eigenvalue weighted by atomic mass is 32.2. The number of aromatic nitrogens is 2. The molecule has 0 saturated carbocycles. The zero-order chi connectivity index (χ0) is 16.9. The summed E-state index contributed by atoms with van der Waals surface area (Å²) in [5.74, 6) is -0.0507. The van der Waals surface area contributed by atoms with Crippen LogP contribution in [0.5, 0.6) is 0 Å². The number of hydrogen-bond donors (Lipinski definition) is 1. The van der Waals surface area contributed by atoms with E-state index in [9.17, 15) is 4.79 Å². The zero-order valence-electron chi connectivity index (χ0n) is 12.7. The molecule has 0 unspecified atom stereocenters. The van der Waals surface area contributed by atoms with Gasteiger partial charge < -0.3 is 4.42 Å². The zero-order valence-corrected chi connectivity index (χ0v) is 13.5. The highest BCUT2D eigenvalue weighted by Gasteiger charge is 2.12. The fourth-order valence-electron chi connectivity index (χ4n) is 1.99. The van der Waals surface area contributed by atoms with Crippen LogP contribution in [0.2, 0.25) is 0 Å². The van der Waals surface area contributed by atoms with E-state index in [0.717, 1.165) is 10.5 Å². The number of anilines is 1. The predicted molar refractivity (Wildman–Crippen MR) is 90.6 cm³/mol. The van der Waals surface area contributed by atoms with Crippen molar-refractivity contribution in [3.05, 3.63) is 59.7 Å². The molecular formula is C17H12N4O2S. The van der Waals surface area contributed by atoms with Gasteiger partial charge in [-0.2, -0.15) is 5.26 Å². The molecule has 0 spiro atoms. The number of hydrogen-bond acceptors (Lipinski definition) is 6. The molecule has 0 aliphatic rings. The molecule has 1 heterocycles. The van der Waals surface area contributed by atoms with Gasteiger partial charge in [-0.1, -0.05) is 5.10 Å². The van der Waals surface area contributed by atoms with Crippen LogP contribution >= 0.6 is 11.8 Å².